The van der Waals surface area contributed by atoms with Gasteiger partial charge in [0.2, 0.25) is 0 Å². The van der Waals surface area contributed by atoms with Crippen LogP contribution in [0.25, 0.3) is 11.0 Å². The topological polar surface area (TPSA) is 51.2 Å². The first-order chi connectivity index (χ1) is 7.06. The summed E-state index contributed by atoms with van der Waals surface area (Å²) in [7, 11) is 0. The maximum absolute atomic E-state index is 5.90. The van der Waals surface area contributed by atoms with Crippen LogP contribution in [0.4, 0.5) is 5.69 Å². The van der Waals surface area contributed by atoms with Crippen LogP contribution in [0.3, 0.4) is 0 Å². The molecule has 0 aliphatic carbocycles. The van der Waals surface area contributed by atoms with E-state index in [1.807, 2.05) is 38.1 Å². The fourth-order valence-corrected chi connectivity index (χ4v) is 1.44. The molecule has 0 bridgehead atoms. The maximum Gasteiger partial charge on any atom is 0.136 e. The van der Waals surface area contributed by atoms with Crippen molar-refractivity contribution in [2.24, 2.45) is 5.73 Å². The number of nitrogens with one attached hydrogen (secondary N) is 1. The van der Waals surface area contributed by atoms with E-state index in [1.165, 1.54) is 0 Å². The highest BCUT2D eigenvalue weighted by atomic mass is 16.3. The molecular weight excluding hydrogens is 188 g/mol. The zero-order valence-electron chi connectivity index (χ0n) is 9.08. The van der Waals surface area contributed by atoms with Gasteiger partial charge in [0.1, 0.15) is 11.8 Å². The fourth-order valence-electron chi connectivity index (χ4n) is 1.44. The molecule has 0 unspecified atom stereocenters. The average molecular weight is 204 g/mol. The largest absolute Gasteiger partial charge is 0.462 e. The third-order valence-electron chi connectivity index (χ3n) is 2.22. The minimum absolute atomic E-state index is 0.224. The number of hydrogen-bond donors (Lipinski definition) is 2. The second-order valence-corrected chi connectivity index (χ2v) is 4.49. The van der Waals surface area contributed by atoms with E-state index >= 15 is 0 Å². The monoisotopic (exact) mass is 204 g/mol. The molecule has 80 valence electrons. The molecule has 0 radical (unpaired) electrons. The van der Waals surface area contributed by atoms with E-state index in [-0.39, 0.29) is 5.54 Å². The Morgan fingerprint density at radius 2 is 2.07 bits per heavy atom. The summed E-state index contributed by atoms with van der Waals surface area (Å²) in [5.41, 5.74) is 7.58. The van der Waals surface area contributed by atoms with E-state index in [0.717, 1.165) is 23.2 Å². The van der Waals surface area contributed by atoms with Crippen molar-refractivity contribution in [3.63, 3.8) is 0 Å². The lowest BCUT2D eigenvalue weighted by molar-refractivity contribution is 0.548. The van der Waals surface area contributed by atoms with E-state index in [4.69, 9.17) is 10.2 Å². The van der Waals surface area contributed by atoms with Crippen LogP contribution < -0.4 is 11.1 Å². The Labute approximate surface area is 89.3 Å². The zero-order chi connectivity index (χ0) is 10.9. The second-order valence-electron chi connectivity index (χ2n) is 4.49. The van der Waals surface area contributed by atoms with Crippen molar-refractivity contribution in [1.82, 2.24) is 0 Å². The van der Waals surface area contributed by atoms with E-state index < -0.39 is 0 Å². The Bertz CT molecular complexity index is 454. The molecule has 0 amide bonds. The number of furan rings is 1. The van der Waals surface area contributed by atoms with Crippen LogP contribution in [0.2, 0.25) is 0 Å². The van der Waals surface area contributed by atoms with Gasteiger partial charge in [-0.15, -0.1) is 0 Å². The molecular formula is C12H16N2O. The molecule has 15 heavy (non-hydrogen) atoms. The number of hydrogen-bond acceptors (Lipinski definition) is 3. The van der Waals surface area contributed by atoms with Gasteiger partial charge in [-0.05, 0) is 26.0 Å². The molecule has 3 nitrogen and oxygen atoms in total. The molecule has 0 atom stereocenters. The van der Waals surface area contributed by atoms with Gasteiger partial charge in [-0.1, -0.05) is 12.1 Å². The number of rotatable bonds is 3. The highest BCUT2D eigenvalue weighted by Gasteiger charge is 2.11. The third-order valence-corrected chi connectivity index (χ3v) is 2.22. The third kappa shape index (κ3) is 2.30. The fraction of sp³-hybridized carbons (Fsp3) is 0.333. The Kier molecular flexibility index (Phi) is 2.40. The zero-order valence-corrected chi connectivity index (χ0v) is 9.08. The van der Waals surface area contributed by atoms with Crippen LogP contribution in [0, 0.1) is 0 Å². The van der Waals surface area contributed by atoms with Crippen LogP contribution in [0.1, 0.15) is 13.8 Å². The average Bonchev–Trinajstić information content (AvgIpc) is 2.57. The number of anilines is 1. The lowest BCUT2D eigenvalue weighted by Crippen LogP contribution is -2.39. The van der Waals surface area contributed by atoms with Crippen molar-refractivity contribution in [2.75, 3.05) is 11.9 Å². The van der Waals surface area contributed by atoms with E-state index in [2.05, 4.69) is 5.32 Å². The van der Waals surface area contributed by atoms with Crippen molar-refractivity contribution >= 4 is 16.7 Å². The molecule has 0 aliphatic heterocycles. The predicted molar refractivity (Wildman–Crippen MR) is 63.0 cm³/mol. The van der Waals surface area contributed by atoms with Gasteiger partial charge in [0, 0.05) is 17.5 Å². The van der Waals surface area contributed by atoms with Crippen LogP contribution >= 0.6 is 0 Å². The van der Waals surface area contributed by atoms with Gasteiger partial charge < -0.3 is 15.5 Å². The number of fused-ring (bicyclic) bond motifs is 1. The first kappa shape index (κ1) is 10.1. The van der Waals surface area contributed by atoms with E-state index in [0.29, 0.717) is 0 Å². The van der Waals surface area contributed by atoms with E-state index in [9.17, 15) is 0 Å². The van der Waals surface area contributed by atoms with Crippen molar-refractivity contribution in [3.05, 3.63) is 30.5 Å². The summed E-state index contributed by atoms with van der Waals surface area (Å²) in [5, 5.41) is 4.39. The summed E-state index contributed by atoms with van der Waals surface area (Å²) in [4.78, 5) is 0. The molecule has 0 fully saturated rings. The summed E-state index contributed by atoms with van der Waals surface area (Å²) in [6, 6.07) is 7.94. The lowest BCUT2D eigenvalue weighted by atomic mass is 10.1. The van der Waals surface area contributed by atoms with Crippen LogP contribution in [-0.4, -0.2) is 12.1 Å². The SMILES string of the molecule is CC(C)(N)CNc1coc2ccccc12. The second kappa shape index (κ2) is 3.59. The van der Waals surface area contributed by atoms with Crippen molar-refractivity contribution in [1.29, 1.82) is 0 Å². The summed E-state index contributed by atoms with van der Waals surface area (Å²) in [6.45, 7) is 4.70. The maximum atomic E-state index is 5.90. The predicted octanol–water partition coefficient (Wildman–Crippen LogP) is 2.58. The summed E-state index contributed by atoms with van der Waals surface area (Å²) >= 11 is 0. The molecule has 0 aliphatic rings. The number of benzene rings is 1. The Morgan fingerprint density at radius 3 is 2.80 bits per heavy atom. The minimum Gasteiger partial charge on any atom is -0.462 e. The first-order valence-corrected chi connectivity index (χ1v) is 5.05. The van der Waals surface area contributed by atoms with Gasteiger partial charge in [0.05, 0.1) is 5.69 Å². The Morgan fingerprint density at radius 1 is 1.33 bits per heavy atom. The number of nitrogens with two attached hydrogens (primary N) is 1. The van der Waals surface area contributed by atoms with Crippen LogP contribution in [0.15, 0.2) is 34.9 Å². The normalized spacial score (nSPS) is 11.9. The smallest absolute Gasteiger partial charge is 0.136 e. The molecule has 3 heteroatoms. The van der Waals surface area contributed by atoms with Crippen LogP contribution in [-0.2, 0) is 0 Å². The van der Waals surface area contributed by atoms with Crippen LogP contribution in [0.5, 0.6) is 0 Å². The van der Waals surface area contributed by atoms with Gasteiger partial charge in [0.25, 0.3) is 0 Å². The highest BCUT2D eigenvalue weighted by molar-refractivity contribution is 5.90. The Hall–Kier alpha value is -1.48. The standard InChI is InChI=1S/C12H16N2O/c1-12(2,13)8-14-10-7-15-11-6-4-3-5-9(10)11/h3-7,14H,8,13H2,1-2H3. The van der Waals surface area contributed by atoms with Gasteiger partial charge in [-0.2, -0.15) is 0 Å². The molecule has 2 rings (SSSR count). The summed E-state index contributed by atoms with van der Waals surface area (Å²) in [6.07, 6.45) is 1.73. The quantitative estimate of drug-likeness (QED) is 0.808. The Balaban J connectivity index is 2.22. The van der Waals surface area contributed by atoms with Gasteiger partial charge in [0.15, 0.2) is 0 Å². The van der Waals surface area contributed by atoms with Crippen molar-refractivity contribution in [3.8, 4) is 0 Å². The van der Waals surface area contributed by atoms with Gasteiger partial charge in [-0.25, -0.2) is 0 Å². The van der Waals surface area contributed by atoms with Crippen molar-refractivity contribution < 1.29 is 4.42 Å². The van der Waals surface area contributed by atoms with Gasteiger partial charge in [-0.3, -0.25) is 0 Å². The molecule has 0 saturated heterocycles. The highest BCUT2D eigenvalue weighted by Crippen LogP contribution is 2.25. The molecule has 1 aromatic carbocycles. The molecule has 2 aromatic rings. The lowest BCUT2D eigenvalue weighted by Gasteiger charge is -2.18. The van der Waals surface area contributed by atoms with Gasteiger partial charge >= 0.3 is 0 Å². The van der Waals surface area contributed by atoms with Crippen molar-refractivity contribution in [2.45, 2.75) is 19.4 Å². The number of para-hydroxylation sites is 1. The molecule has 1 heterocycles. The summed E-state index contributed by atoms with van der Waals surface area (Å²) < 4.78 is 5.41. The molecule has 1 aromatic heterocycles. The van der Waals surface area contributed by atoms with E-state index in [1.54, 1.807) is 6.26 Å². The summed E-state index contributed by atoms with van der Waals surface area (Å²) in [5.74, 6) is 0. The molecule has 0 saturated carbocycles. The molecule has 0 spiro atoms. The molecule has 3 N–H and O–H groups in total. The minimum atomic E-state index is -0.224. The first-order valence-electron chi connectivity index (χ1n) is 5.05.